The quantitative estimate of drug-likeness (QED) is 0.812. The van der Waals surface area contributed by atoms with E-state index in [2.05, 4.69) is 29.6 Å². The number of pyridine rings is 1. The number of fused-ring (bicyclic) bond motifs is 1. The second-order valence-corrected chi connectivity index (χ2v) is 7.09. The molecule has 0 bridgehead atoms. The lowest BCUT2D eigenvalue weighted by atomic mass is 9.81. The fraction of sp³-hybridized carbons (Fsp3) is 0.476. The molecule has 1 N–H and O–H groups in total. The smallest absolute Gasteiger partial charge is 0.119 e. The first-order valence-electron chi connectivity index (χ1n) is 9.04. The summed E-state index contributed by atoms with van der Waals surface area (Å²) in [7, 11) is 3.82. The van der Waals surface area contributed by atoms with Gasteiger partial charge >= 0.3 is 0 Å². The van der Waals surface area contributed by atoms with Crippen molar-refractivity contribution in [3.05, 3.63) is 48.7 Å². The molecule has 134 valence electrons. The minimum atomic E-state index is -0.484. The van der Waals surface area contributed by atoms with Crippen LogP contribution in [0.25, 0.3) is 10.9 Å². The Morgan fingerprint density at radius 2 is 2.28 bits per heavy atom. The van der Waals surface area contributed by atoms with Crippen molar-refractivity contribution in [2.75, 3.05) is 27.2 Å². The van der Waals surface area contributed by atoms with E-state index < -0.39 is 6.10 Å². The van der Waals surface area contributed by atoms with Gasteiger partial charge in [0, 0.05) is 18.1 Å². The van der Waals surface area contributed by atoms with Crippen LogP contribution in [-0.2, 0) is 0 Å². The second-order valence-electron chi connectivity index (χ2n) is 7.09. The Bertz CT molecular complexity index is 731. The highest BCUT2D eigenvalue weighted by atomic mass is 16.5. The lowest BCUT2D eigenvalue weighted by Gasteiger charge is -2.35. The van der Waals surface area contributed by atoms with E-state index >= 15 is 0 Å². The summed E-state index contributed by atoms with van der Waals surface area (Å²) in [5.74, 6) is 1.90. The van der Waals surface area contributed by atoms with Gasteiger partial charge in [-0.1, -0.05) is 6.08 Å². The first kappa shape index (κ1) is 17.9. The van der Waals surface area contributed by atoms with Gasteiger partial charge in [0.2, 0.25) is 0 Å². The number of aromatic nitrogens is 1. The van der Waals surface area contributed by atoms with Crippen LogP contribution in [-0.4, -0.2) is 42.2 Å². The molecule has 0 radical (unpaired) electrons. The largest absolute Gasteiger partial charge is 0.497 e. The Morgan fingerprint density at radius 3 is 3.04 bits per heavy atom. The predicted molar refractivity (Wildman–Crippen MR) is 102 cm³/mol. The molecule has 3 rings (SSSR count). The molecule has 1 fully saturated rings. The number of methoxy groups -OCH3 is 1. The first-order chi connectivity index (χ1) is 12.1. The van der Waals surface area contributed by atoms with Gasteiger partial charge in [-0.3, -0.25) is 4.98 Å². The van der Waals surface area contributed by atoms with Gasteiger partial charge in [0.25, 0.3) is 0 Å². The van der Waals surface area contributed by atoms with Crippen molar-refractivity contribution in [2.24, 2.45) is 11.8 Å². The highest BCUT2D eigenvalue weighted by molar-refractivity contribution is 5.83. The normalized spacial score (nSPS) is 22.7. The summed E-state index contributed by atoms with van der Waals surface area (Å²) in [6, 6.07) is 7.73. The third-order valence-electron chi connectivity index (χ3n) is 5.46. The molecular weight excluding hydrogens is 312 g/mol. The second kappa shape index (κ2) is 7.98. The van der Waals surface area contributed by atoms with Crippen molar-refractivity contribution >= 4 is 10.9 Å². The van der Waals surface area contributed by atoms with E-state index in [4.69, 9.17) is 4.74 Å². The van der Waals surface area contributed by atoms with Crippen LogP contribution >= 0.6 is 0 Å². The fourth-order valence-corrected chi connectivity index (χ4v) is 3.92. The van der Waals surface area contributed by atoms with Gasteiger partial charge in [0.15, 0.2) is 0 Å². The number of nitrogens with zero attached hydrogens (tertiary/aromatic N) is 2. The maximum absolute atomic E-state index is 10.8. The average molecular weight is 340 g/mol. The monoisotopic (exact) mass is 340 g/mol. The van der Waals surface area contributed by atoms with Gasteiger partial charge in [0.1, 0.15) is 5.75 Å². The Balaban J connectivity index is 1.74. The number of piperidine rings is 1. The summed E-state index contributed by atoms with van der Waals surface area (Å²) < 4.78 is 5.33. The maximum Gasteiger partial charge on any atom is 0.119 e. The number of ether oxygens (including phenoxy) is 1. The van der Waals surface area contributed by atoms with Gasteiger partial charge in [-0.2, -0.15) is 0 Å². The molecular formula is C21H28N2O2. The van der Waals surface area contributed by atoms with Gasteiger partial charge in [-0.25, -0.2) is 0 Å². The highest BCUT2D eigenvalue weighted by Crippen LogP contribution is 2.33. The van der Waals surface area contributed by atoms with Gasteiger partial charge < -0.3 is 14.7 Å². The van der Waals surface area contributed by atoms with Crippen molar-refractivity contribution in [1.82, 2.24) is 9.88 Å². The van der Waals surface area contributed by atoms with Crippen molar-refractivity contribution in [3.8, 4) is 5.75 Å². The van der Waals surface area contributed by atoms with E-state index in [1.54, 1.807) is 13.3 Å². The summed E-state index contributed by atoms with van der Waals surface area (Å²) in [6.45, 7) is 6.20. The molecule has 1 aromatic carbocycles. The zero-order valence-electron chi connectivity index (χ0n) is 15.2. The number of hydrogen-bond donors (Lipinski definition) is 1. The number of aliphatic hydroxyl groups is 1. The molecule has 25 heavy (non-hydrogen) atoms. The highest BCUT2D eigenvalue weighted by Gasteiger charge is 2.26. The van der Waals surface area contributed by atoms with Crippen LogP contribution in [0.4, 0.5) is 0 Å². The molecule has 0 saturated carbocycles. The number of benzene rings is 1. The Morgan fingerprint density at radius 1 is 1.44 bits per heavy atom. The van der Waals surface area contributed by atoms with Crippen molar-refractivity contribution in [1.29, 1.82) is 0 Å². The lowest BCUT2D eigenvalue weighted by molar-refractivity contribution is 0.124. The molecule has 3 atom stereocenters. The van der Waals surface area contributed by atoms with Crippen LogP contribution < -0.4 is 4.74 Å². The van der Waals surface area contributed by atoms with Crippen LogP contribution in [0, 0.1) is 11.8 Å². The fourth-order valence-electron chi connectivity index (χ4n) is 3.92. The van der Waals surface area contributed by atoms with Crippen LogP contribution in [0.5, 0.6) is 5.75 Å². The zero-order valence-corrected chi connectivity index (χ0v) is 15.2. The summed E-state index contributed by atoms with van der Waals surface area (Å²) in [5.41, 5.74) is 1.83. The summed E-state index contributed by atoms with van der Waals surface area (Å²) in [6.07, 6.45) is 6.32. The SMILES string of the molecule is C=C[C@H]1CN(C)CC[C@@H]1CC[C@H](O)c1ccnc2ccc(OC)cc12. The van der Waals surface area contributed by atoms with Crippen molar-refractivity contribution < 1.29 is 9.84 Å². The van der Waals surface area contributed by atoms with Crippen LogP contribution in [0.15, 0.2) is 43.1 Å². The number of rotatable bonds is 6. The van der Waals surface area contributed by atoms with Crippen LogP contribution in [0.1, 0.15) is 30.9 Å². The Labute approximate surface area is 150 Å². The molecule has 4 nitrogen and oxygen atoms in total. The summed E-state index contributed by atoms with van der Waals surface area (Å²) >= 11 is 0. The average Bonchev–Trinajstić information content (AvgIpc) is 2.65. The van der Waals surface area contributed by atoms with Gasteiger partial charge in [-0.15, -0.1) is 6.58 Å². The molecule has 0 amide bonds. The molecule has 2 aromatic rings. The molecule has 1 aliphatic heterocycles. The molecule has 1 saturated heterocycles. The first-order valence-corrected chi connectivity index (χ1v) is 9.04. The Hall–Kier alpha value is -1.91. The minimum Gasteiger partial charge on any atom is -0.497 e. The standard InChI is InChI=1S/C21H28N2O2/c1-4-15-14-23(2)12-10-16(15)5-8-21(24)18-9-11-22-20-7-6-17(25-3)13-19(18)20/h4,6-7,9,11,13,15-16,21,24H,1,5,8,10,12,14H2,2-3H3/t15-,16-,21-/m0/s1. The van der Waals surface area contributed by atoms with Crippen molar-refractivity contribution in [2.45, 2.75) is 25.4 Å². The third kappa shape index (κ3) is 4.02. The molecule has 0 unspecified atom stereocenters. The van der Waals surface area contributed by atoms with E-state index in [9.17, 15) is 5.11 Å². The van der Waals surface area contributed by atoms with E-state index in [1.807, 2.05) is 24.3 Å². The summed E-state index contributed by atoms with van der Waals surface area (Å²) in [5, 5.41) is 11.8. The van der Waals surface area contributed by atoms with Crippen molar-refractivity contribution in [3.63, 3.8) is 0 Å². The van der Waals surface area contributed by atoms with E-state index in [-0.39, 0.29) is 0 Å². The number of aliphatic hydroxyl groups excluding tert-OH is 1. The molecule has 4 heteroatoms. The van der Waals surface area contributed by atoms with E-state index in [0.29, 0.717) is 11.8 Å². The molecule has 0 spiro atoms. The van der Waals surface area contributed by atoms with Crippen LogP contribution in [0.2, 0.25) is 0 Å². The molecule has 2 heterocycles. The topological polar surface area (TPSA) is 45.6 Å². The number of likely N-dealkylation sites (tertiary alicyclic amines) is 1. The third-order valence-corrected chi connectivity index (χ3v) is 5.46. The summed E-state index contributed by atoms with van der Waals surface area (Å²) in [4.78, 5) is 6.76. The molecule has 1 aromatic heterocycles. The van der Waals surface area contributed by atoms with E-state index in [0.717, 1.165) is 48.1 Å². The minimum absolute atomic E-state index is 0.484. The van der Waals surface area contributed by atoms with Gasteiger partial charge in [0.05, 0.1) is 18.7 Å². The van der Waals surface area contributed by atoms with Crippen LogP contribution in [0.3, 0.4) is 0 Å². The Kier molecular flexibility index (Phi) is 5.71. The predicted octanol–water partition coefficient (Wildman–Crippen LogP) is 3.81. The molecule has 0 aliphatic carbocycles. The lowest BCUT2D eigenvalue weighted by Crippen LogP contribution is -2.37. The molecule has 1 aliphatic rings. The van der Waals surface area contributed by atoms with E-state index in [1.165, 1.54) is 6.42 Å². The zero-order chi connectivity index (χ0) is 17.8. The number of hydrogen-bond acceptors (Lipinski definition) is 4. The maximum atomic E-state index is 10.8. The van der Waals surface area contributed by atoms with Gasteiger partial charge in [-0.05, 0) is 74.5 Å².